The number of hydrogen-bond acceptors (Lipinski definition) is 10. The minimum absolute atomic E-state index is 0.0633. The van der Waals surface area contributed by atoms with E-state index in [0.717, 1.165) is 23.3 Å². The number of hydrazine groups is 1. The van der Waals surface area contributed by atoms with Crippen LogP contribution in [0.2, 0.25) is 5.02 Å². The molecule has 2 aliphatic rings. The van der Waals surface area contributed by atoms with E-state index in [1.807, 2.05) is 25.1 Å². The van der Waals surface area contributed by atoms with Gasteiger partial charge in [0.25, 0.3) is 5.91 Å². The molecular weight excluding hydrogens is 665 g/mol. The molecule has 3 aromatic rings. The molecule has 49 heavy (non-hydrogen) atoms. The molecule has 0 saturated carbocycles. The van der Waals surface area contributed by atoms with Crippen LogP contribution in [0, 0.1) is 6.92 Å². The number of carbonyl (C=O) groups is 2. The molecule has 0 spiro atoms. The van der Waals surface area contributed by atoms with Gasteiger partial charge in [-0.3, -0.25) is 19.6 Å². The van der Waals surface area contributed by atoms with Crippen molar-refractivity contribution >= 4 is 30.3 Å². The second kappa shape index (κ2) is 15.6. The van der Waals surface area contributed by atoms with Crippen molar-refractivity contribution in [2.45, 2.75) is 52.0 Å². The van der Waals surface area contributed by atoms with Crippen LogP contribution < -0.4 is 20.8 Å². The number of amides is 2. The van der Waals surface area contributed by atoms with Gasteiger partial charge < -0.3 is 25.4 Å². The highest BCUT2D eigenvalue weighted by molar-refractivity contribution is 6.31. The molecule has 4 N–H and O–H groups in total. The van der Waals surface area contributed by atoms with Crippen LogP contribution in [-0.2, 0) is 35.2 Å². The monoisotopic (exact) mass is 700 g/mol. The predicted octanol–water partition coefficient (Wildman–Crippen LogP) is 4.17. The van der Waals surface area contributed by atoms with E-state index in [9.17, 15) is 27.9 Å². The zero-order chi connectivity index (χ0) is 35.1. The number of nitrogens with one attached hydrogen (secondary N) is 3. The molecule has 1 unspecified atom stereocenters. The Hall–Kier alpha value is -4.89. The lowest BCUT2D eigenvalue weighted by molar-refractivity contribution is -0.137. The lowest BCUT2D eigenvalue weighted by Gasteiger charge is -2.34. The summed E-state index contributed by atoms with van der Waals surface area (Å²) in [6.45, 7) is 4.32. The van der Waals surface area contributed by atoms with Crippen molar-refractivity contribution in [3.63, 3.8) is 0 Å². The largest absolute Gasteiger partial charge is 0.504 e. The fourth-order valence-corrected chi connectivity index (χ4v) is 5.92. The molecule has 2 aliphatic heterocycles. The van der Waals surface area contributed by atoms with Gasteiger partial charge in [0.15, 0.2) is 5.75 Å². The molecule has 0 bridgehead atoms. The number of nitrogens with zero attached hydrogens (tertiary/aromatic N) is 5. The van der Waals surface area contributed by atoms with Crippen LogP contribution in [0.4, 0.5) is 13.2 Å². The van der Waals surface area contributed by atoms with E-state index < -0.39 is 23.8 Å². The summed E-state index contributed by atoms with van der Waals surface area (Å²) < 4.78 is 46.2. The van der Waals surface area contributed by atoms with E-state index in [1.54, 1.807) is 11.8 Å². The number of alkyl halides is 3. The molecule has 2 amide bonds. The second-order valence-electron chi connectivity index (χ2n) is 11.3. The van der Waals surface area contributed by atoms with Gasteiger partial charge in [-0.2, -0.15) is 13.2 Å². The number of aromatic nitrogens is 2. The Balaban J connectivity index is 1.57. The highest BCUT2D eigenvalue weighted by Gasteiger charge is 2.34. The van der Waals surface area contributed by atoms with E-state index in [0.29, 0.717) is 48.7 Å². The Kier molecular flexibility index (Phi) is 11.2. The first-order valence-corrected chi connectivity index (χ1v) is 16.0. The smallest absolute Gasteiger partial charge is 0.416 e. The van der Waals surface area contributed by atoms with E-state index >= 15 is 0 Å². The maximum Gasteiger partial charge on any atom is 0.416 e. The van der Waals surface area contributed by atoms with E-state index in [1.165, 1.54) is 23.7 Å². The Morgan fingerprint density at radius 2 is 2.04 bits per heavy atom. The minimum atomic E-state index is -4.60. The Labute approximate surface area is 286 Å². The molecule has 260 valence electrons. The van der Waals surface area contributed by atoms with Gasteiger partial charge in [-0.15, -0.1) is 0 Å². The fourth-order valence-electron chi connectivity index (χ4n) is 5.68. The third kappa shape index (κ3) is 8.23. The van der Waals surface area contributed by atoms with Gasteiger partial charge in [0.2, 0.25) is 6.41 Å². The van der Waals surface area contributed by atoms with Crippen molar-refractivity contribution in [1.29, 1.82) is 0 Å². The standard InChI is InChI=1S/C33H36ClF3N8O4/c1-3-26-29(44(13-11-38-19-46)12-9-27-30(47)20(2)39-17-41-27)32(48)45(16-21-7-8-22(15-25(21)34)33(35,36)37)43-31(42-18-40-26)24-5-4-6-28-23(24)10-14-49-28/h4-8,15,17-19,31,43,47H,3,9-14,16H2,1-2H3,(H,38,46)(H,40,42)/b29-26+. The number of carbonyl (C=O) groups excluding carboxylic acids is 2. The second-order valence-corrected chi connectivity index (χ2v) is 11.7. The van der Waals surface area contributed by atoms with Crippen LogP contribution in [-0.4, -0.2) is 69.9 Å². The minimum Gasteiger partial charge on any atom is -0.504 e. The van der Waals surface area contributed by atoms with Crippen LogP contribution in [0.15, 0.2) is 59.1 Å². The number of hydrogen-bond donors (Lipinski definition) is 4. The lowest BCUT2D eigenvalue weighted by Crippen LogP contribution is -2.48. The third-order valence-electron chi connectivity index (χ3n) is 8.24. The Morgan fingerprint density at radius 1 is 1.22 bits per heavy atom. The molecule has 2 aromatic carbocycles. The molecule has 0 aliphatic carbocycles. The number of aryl methyl sites for hydroxylation is 1. The molecule has 0 radical (unpaired) electrons. The number of allylic oxidation sites excluding steroid dienone is 1. The topological polar surface area (TPSA) is 144 Å². The molecule has 16 heteroatoms. The lowest BCUT2D eigenvalue weighted by atomic mass is 10.0. The van der Waals surface area contributed by atoms with Gasteiger partial charge in [0.05, 0.1) is 36.4 Å². The third-order valence-corrected chi connectivity index (χ3v) is 8.59. The average molecular weight is 701 g/mol. The van der Waals surface area contributed by atoms with Crippen molar-refractivity contribution < 1.29 is 32.6 Å². The zero-order valence-electron chi connectivity index (χ0n) is 26.9. The number of benzene rings is 2. The summed E-state index contributed by atoms with van der Waals surface area (Å²) in [4.78, 5) is 40.7. The molecule has 5 rings (SSSR count). The van der Waals surface area contributed by atoms with Gasteiger partial charge in [-0.1, -0.05) is 36.7 Å². The number of rotatable bonds is 12. The Bertz CT molecular complexity index is 1750. The summed E-state index contributed by atoms with van der Waals surface area (Å²) in [5, 5.41) is 17.5. The maximum atomic E-state index is 14.8. The average Bonchev–Trinajstić information content (AvgIpc) is 3.58. The molecule has 12 nitrogen and oxygen atoms in total. The van der Waals surface area contributed by atoms with E-state index in [2.05, 4.69) is 26.0 Å². The quantitative estimate of drug-likeness (QED) is 0.162. The molecule has 3 heterocycles. The first-order chi connectivity index (χ1) is 23.5. The van der Waals surface area contributed by atoms with Crippen molar-refractivity contribution in [3.8, 4) is 11.5 Å². The van der Waals surface area contributed by atoms with Gasteiger partial charge in [0, 0.05) is 48.8 Å². The predicted molar refractivity (Wildman–Crippen MR) is 175 cm³/mol. The molecule has 1 atom stereocenters. The summed E-state index contributed by atoms with van der Waals surface area (Å²) in [7, 11) is 0. The molecular formula is C33H36ClF3N8O4. The normalized spacial score (nSPS) is 18.4. The molecule has 0 saturated heterocycles. The fraction of sp³-hybridized carbons (Fsp3) is 0.364. The van der Waals surface area contributed by atoms with E-state index in [-0.39, 0.29) is 54.6 Å². The summed E-state index contributed by atoms with van der Waals surface area (Å²) in [5.74, 6) is 0.108. The summed E-state index contributed by atoms with van der Waals surface area (Å²) in [6.07, 6.45) is -0.814. The van der Waals surface area contributed by atoms with Crippen LogP contribution in [0.3, 0.4) is 0 Å². The zero-order valence-corrected chi connectivity index (χ0v) is 27.6. The van der Waals surface area contributed by atoms with Gasteiger partial charge in [-0.25, -0.2) is 15.4 Å². The number of halogens is 4. The van der Waals surface area contributed by atoms with Crippen LogP contribution in [0.1, 0.15) is 53.2 Å². The van der Waals surface area contributed by atoms with Crippen molar-refractivity contribution in [1.82, 2.24) is 35.9 Å². The Morgan fingerprint density at radius 3 is 2.78 bits per heavy atom. The summed E-state index contributed by atoms with van der Waals surface area (Å²) in [5.41, 5.74) is 5.72. The number of aromatic hydroxyl groups is 1. The van der Waals surface area contributed by atoms with Crippen LogP contribution >= 0.6 is 11.6 Å². The van der Waals surface area contributed by atoms with E-state index in [4.69, 9.17) is 21.3 Å². The maximum absolute atomic E-state index is 14.8. The van der Waals surface area contributed by atoms with Gasteiger partial charge in [-0.05, 0) is 42.7 Å². The SMILES string of the molecule is CC/C1=C(\N(CCNC=O)CCc2ncnc(C)c2O)C(=O)N(Cc2ccc(C(F)(F)F)cc2Cl)NC(c2cccc3c2CCO3)/N=C/N1. The van der Waals surface area contributed by atoms with Gasteiger partial charge >= 0.3 is 6.18 Å². The number of ether oxygens (including phenoxy) is 1. The van der Waals surface area contributed by atoms with Crippen LogP contribution in [0.25, 0.3) is 0 Å². The molecule has 1 aromatic heterocycles. The van der Waals surface area contributed by atoms with Crippen molar-refractivity contribution in [2.75, 3.05) is 26.2 Å². The highest BCUT2D eigenvalue weighted by Crippen LogP contribution is 2.35. The van der Waals surface area contributed by atoms with Crippen LogP contribution in [0.5, 0.6) is 11.5 Å². The highest BCUT2D eigenvalue weighted by atomic mass is 35.5. The van der Waals surface area contributed by atoms with Crippen molar-refractivity contribution in [2.24, 2.45) is 4.99 Å². The van der Waals surface area contributed by atoms with Crippen molar-refractivity contribution in [3.05, 3.63) is 92.8 Å². The first kappa shape index (κ1) is 35.4. The number of fused-ring (bicyclic) bond motifs is 1. The first-order valence-electron chi connectivity index (χ1n) is 15.6. The molecule has 0 fully saturated rings. The summed E-state index contributed by atoms with van der Waals surface area (Å²) in [6, 6.07) is 8.54. The number of aliphatic imine (C=N–C) groups is 1. The summed E-state index contributed by atoms with van der Waals surface area (Å²) >= 11 is 6.40. The van der Waals surface area contributed by atoms with Gasteiger partial charge in [0.1, 0.15) is 23.9 Å².